The summed E-state index contributed by atoms with van der Waals surface area (Å²) >= 11 is 0. The molecule has 1 aliphatic heterocycles. The Morgan fingerprint density at radius 1 is 1.45 bits per heavy atom. The van der Waals surface area contributed by atoms with Gasteiger partial charge in [0.2, 0.25) is 5.91 Å². The molecule has 1 saturated carbocycles. The number of carbonyl (C=O) groups is 1. The van der Waals surface area contributed by atoms with Crippen molar-refractivity contribution in [1.82, 2.24) is 10.2 Å². The van der Waals surface area contributed by atoms with E-state index in [1.54, 1.807) is 6.26 Å². The van der Waals surface area contributed by atoms with E-state index in [9.17, 15) is 4.79 Å². The topological polar surface area (TPSA) is 45.5 Å². The number of hydrogen-bond donors (Lipinski definition) is 1. The maximum absolute atomic E-state index is 11.9. The van der Waals surface area contributed by atoms with Gasteiger partial charge in [0.1, 0.15) is 5.76 Å². The fraction of sp³-hybridized carbons (Fsp3) is 0.611. The number of hydrogen-bond acceptors (Lipinski definition) is 3. The lowest BCUT2D eigenvalue weighted by atomic mass is 9.85. The number of carbonyl (C=O) groups excluding carboxylic acids is 1. The highest BCUT2D eigenvalue weighted by Gasteiger charge is 2.27. The standard InChI is InChI=1S/C18H26N2O2/c1-14(10-17-6-3-9-22-17)12-20-8-7-15(13-20)11-19-18(21)16-4-2-5-16/h3,6,9-10,15-16H,2,4-5,7-8,11-13H2,1H3,(H,19,21)/b14-10+/t15-/m0/s1. The molecular weight excluding hydrogens is 276 g/mol. The highest BCUT2D eigenvalue weighted by atomic mass is 16.3. The SMILES string of the molecule is C/C(=C\c1ccco1)CN1CC[C@@H](CNC(=O)C2CCC2)C1. The maximum Gasteiger partial charge on any atom is 0.223 e. The molecule has 1 aromatic rings. The normalized spacial score (nSPS) is 23.5. The number of nitrogens with one attached hydrogen (secondary N) is 1. The summed E-state index contributed by atoms with van der Waals surface area (Å²) in [5.74, 6) is 2.09. The third-order valence-electron chi connectivity index (χ3n) is 4.82. The summed E-state index contributed by atoms with van der Waals surface area (Å²) in [5, 5.41) is 3.14. The first kappa shape index (κ1) is 15.3. The third kappa shape index (κ3) is 4.01. The molecule has 1 N–H and O–H groups in total. The van der Waals surface area contributed by atoms with Gasteiger partial charge in [-0.15, -0.1) is 0 Å². The Morgan fingerprint density at radius 3 is 3.00 bits per heavy atom. The quantitative estimate of drug-likeness (QED) is 0.879. The van der Waals surface area contributed by atoms with Crippen LogP contribution in [0.3, 0.4) is 0 Å². The molecule has 0 unspecified atom stereocenters. The lowest BCUT2D eigenvalue weighted by Crippen LogP contribution is -2.37. The molecule has 4 heteroatoms. The monoisotopic (exact) mass is 302 g/mol. The zero-order chi connectivity index (χ0) is 15.4. The maximum atomic E-state index is 11.9. The average molecular weight is 302 g/mol. The van der Waals surface area contributed by atoms with Crippen LogP contribution >= 0.6 is 0 Å². The minimum atomic E-state index is 0.276. The van der Waals surface area contributed by atoms with E-state index in [2.05, 4.69) is 23.2 Å². The number of furan rings is 1. The molecular formula is C18H26N2O2. The van der Waals surface area contributed by atoms with Crippen molar-refractivity contribution < 1.29 is 9.21 Å². The predicted molar refractivity (Wildman–Crippen MR) is 87.3 cm³/mol. The van der Waals surface area contributed by atoms with Crippen LogP contribution in [-0.2, 0) is 4.79 Å². The summed E-state index contributed by atoms with van der Waals surface area (Å²) in [6, 6.07) is 3.89. The van der Waals surface area contributed by atoms with Crippen molar-refractivity contribution in [2.24, 2.45) is 11.8 Å². The van der Waals surface area contributed by atoms with Gasteiger partial charge in [-0.1, -0.05) is 12.0 Å². The van der Waals surface area contributed by atoms with E-state index in [0.717, 1.165) is 44.8 Å². The van der Waals surface area contributed by atoms with Gasteiger partial charge in [0.05, 0.1) is 6.26 Å². The summed E-state index contributed by atoms with van der Waals surface area (Å²) < 4.78 is 5.35. The van der Waals surface area contributed by atoms with Gasteiger partial charge in [-0.25, -0.2) is 0 Å². The van der Waals surface area contributed by atoms with Crippen molar-refractivity contribution >= 4 is 12.0 Å². The fourth-order valence-electron chi connectivity index (χ4n) is 3.30. The van der Waals surface area contributed by atoms with Gasteiger partial charge in [0.15, 0.2) is 0 Å². The molecule has 22 heavy (non-hydrogen) atoms. The van der Waals surface area contributed by atoms with E-state index in [1.165, 1.54) is 18.4 Å². The summed E-state index contributed by atoms with van der Waals surface area (Å²) in [6.45, 7) is 6.16. The Kier molecular flexibility index (Phi) is 4.98. The molecule has 0 spiro atoms. The van der Waals surface area contributed by atoms with Gasteiger partial charge in [0.25, 0.3) is 0 Å². The fourth-order valence-corrected chi connectivity index (χ4v) is 3.30. The molecule has 0 radical (unpaired) electrons. The van der Waals surface area contributed by atoms with E-state index < -0.39 is 0 Å². The highest BCUT2D eigenvalue weighted by molar-refractivity contribution is 5.79. The molecule has 0 bridgehead atoms. The van der Waals surface area contributed by atoms with Crippen molar-refractivity contribution in [2.45, 2.75) is 32.6 Å². The van der Waals surface area contributed by atoms with E-state index in [0.29, 0.717) is 11.8 Å². The summed E-state index contributed by atoms with van der Waals surface area (Å²) in [5.41, 5.74) is 1.31. The lowest BCUT2D eigenvalue weighted by molar-refractivity contribution is -0.127. The first-order chi connectivity index (χ1) is 10.7. The Balaban J connectivity index is 1.39. The summed E-state index contributed by atoms with van der Waals surface area (Å²) in [6.07, 6.45) is 8.37. The molecule has 1 aliphatic carbocycles. The highest BCUT2D eigenvalue weighted by Crippen LogP contribution is 2.26. The molecule has 4 nitrogen and oxygen atoms in total. The largest absolute Gasteiger partial charge is 0.465 e. The van der Waals surface area contributed by atoms with Crippen molar-refractivity contribution in [2.75, 3.05) is 26.2 Å². The van der Waals surface area contributed by atoms with Crippen molar-refractivity contribution in [3.05, 3.63) is 29.7 Å². The van der Waals surface area contributed by atoms with Crippen LogP contribution in [0.15, 0.2) is 28.4 Å². The lowest BCUT2D eigenvalue weighted by Gasteiger charge is -2.25. The molecule has 120 valence electrons. The number of likely N-dealkylation sites (tertiary alicyclic amines) is 1. The van der Waals surface area contributed by atoms with Crippen molar-refractivity contribution in [3.63, 3.8) is 0 Å². The Hall–Kier alpha value is -1.55. The second-order valence-corrected chi connectivity index (χ2v) is 6.77. The van der Waals surface area contributed by atoms with Crippen LogP contribution in [0, 0.1) is 11.8 Å². The van der Waals surface area contributed by atoms with Crippen molar-refractivity contribution in [3.8, 4) is 0 Å². The minimum Gasteiger partial charge on any atom is -0.465 e. The van der Waals surface area contributed by atoms with Gasteiger partial charge >= 0.3 is 0 Å². The minimum absolute atomic E-state index is 0.276. The number of rotatable bonds is 6. The van der Waals surface area contributed by atoms with Gasteiger partial charge in [-0.2, -0.15) is 0 Å². The number of nitrogens with zero attached hydrogens (tertiary/aromatic N) is 1. The molecule has 0 aromatic carbocycles. The summed E-state index contributed by atoms with van der Waals surface area (Å²) in [7, 11) is 0. The average Bonchev–Trinajstić information content (AvgIpc) is 3.06. The second-order valence-electron chi connectivity index (χ2n) is 6.77. The van der Waals surface area contributed by atoms with Gasteiger partial charge in [-0.3, -0.25) is 9.69 Å². The molecule has 2 fully saturated rings. The van der Waals surface area contributed by atoms with E-state index in [1.807, 2.05) is 12.1 Å². The van der Waals surface area contributed by atoms with Crippen LogP contribution in [-0.4, -0.2) is 37.0 Å². The zero-order valence-corrected chi connectivity index (χ0v) is 13.4. The van der Waals surface area contributed by atoms with Crippen molar-refractivity contribution in [1.29, 1.82) is 0 Å². The molecule has 1 aromatic heterocycles. The smallest absolute Gasteiger partial charge is 0.223 e. The van der Waals surface area contributed by atoms with Crippen LogP contribution in [0.2, 0.25) is 0 Å². The van der Waals surface area contributed by atoms with Crippen LogP contribution in [0.4, 0.5) is 0 Å². The Morgan fingerprint density at radius 2 is 2.32 bits per heavy atom. The molecule has 2 heterocycles. The molecule has 3 rings (SSSR count). The molecule has 1 saturated heterocycles. The van der Waals surface area contributed by atoms with Gasteiger partial charge in [-0.05, 0) is 56.9 Å². The first-order valence-electron chi connectivity index (χ1n) is 8.41. The van der Waals surface area contributed by atoms with Gasteiger partial charge in [0, 0.05) is 25.6 Å². The second kappa shape index (κ2) is 7.14. The first-order valence-corrected chi connectivity index (χ1v) is 8.41. The van der Waals surface area contributed by atoms with E-state index in [4.69, 9.17) is 4.42 Å². The Labute approximate surface area is 132 Å². The molecule has 1 amide bonds. The van der Waals surface area contributed by atoms with E-state index in [-0.39, 0.29) is 5.91 Å². The zero-order valence-electron chi connectivity index (χ0n) is 13.4. The van der Waals surface area contributed by atoms with Gasteiger partial charge < -0.3 is 9.73 Å². The van der Waals surface area contributed by atoms with Crippen LogP contribution < -0.4 is 5.32 Å². The third-order valence-corrected chi connectivity index (χ3v) is 4.82. The summed E-state index contributed by atoms with van der Waals surface area (Å²) in [4.78, 5) is 14.3. The predicted octanol–water partition coefficient (Wildman–Crippen LogP) is 2.92. The molecule has 1 atom stereocenters. The number of amides is 1. The van der Waals surface area contributed by atoms with Crippen LogP contribution in [0.5, 0.6) is 0 Å². The Bertz CT molecular complexity index is 517. The van der Waals surface area contributed by atoms with Crippen LogP contribution in [0.25, 0.3) is 6.08 Å². The van der Waals surface area contributed by atoms with E-state index >= 15 is 0 Å². The van der Waals surface area contributed by atoms with Crippen LogP contribution in [0.1, 0.15) is 38.4 Å². The molecule has 2 aliphatic rings.